The summed E-state index contributed by atoms with van der Waals surface area (Å²) >= 11 is 6.30. The van der Waals surface area contributed by atoms with Gasteiger partial charge in [-0.2, -0.15) is 0 Å². The van der Waals surface area contributed by atoms with Crippen molar-refractivity contribution in [3.05, 3.63) is 94.0 Å². The fourth-order valence-electron chi connectivity index (χ4n) is 5.81. The van der Waals surface area contributed by atoms with Crippen LogP contribution in [0.3, 0.4) is 0 Å². The van der Waals surface area contributed by atoms with E-state index in [0.29, 0.717) is 25.0 Å². The number of sulfone groups is 1. The number of carbonyl (C=O) groups is 1. The zero-order chi connectivity index (χ0) is 29.3. The van der Waals surface area contributed by atoms with Crippen molar-refractivity contribution in [1.82, 2.24) is 0 Å². The molecule has 5 rings (SSSR count). The Bertz CT molecular complexity index is 1560. The van der Waals surface area contributed by atoms with E-state index in [4.69, 9.17) is 16.4 Å². The van der Waals surface area contributed by atoms with Crippen molar-refractivity contribution in [2.45, 2.75) is 42.4 Å². The van der Waals surface area contributed by atoms with E-state index in [1.807, 2.05) is 0 Å². The molecule has 2 fully saturated rings. The van der Waals surface area contributed by atoms with Gasteiger partial charge in [-0.25, -0.2) is 26.0 Å². The van der Waals surface area contributed by atoms with E-state index in [2.05, 4.69) is 10.5 Å². The number of anilines is 1. The van der Waals surface area contributed by atoms with Gasteiger partial charge in [-0.1, -0.05) is 28.9 Å². The summed E-state index contributed by atoms with van der Waals surface area (Å²) in [5.41, 5.74) is 0.346. The van der Waals surface area contributed by atoms with Crippen molar-refractivity contribution >= 4 is 39.2 Å². The minimum atomic E-state index is -3.95. The van der Waals surface area contributed by atoms with Crippen molar-refractivity contribution in [2.24, 2.45) is 22.9 Å². The topological polar surface area (TPSA) is 84.8 Å². The lowest BCUT2D eigenvalue weighted by atomic mass is 9.81. The standard InChI is InChI=1S/C29H25ClF4N2O4S/c30-23-8-5-20(29(37)36-22-12-24(32)27(34)25(33)13-22)11-26(23)41(38,39)28-18-3-4-19(28)10-17(9-18)14-35-40-15-16-1-6-21(31)7-2-16/h1-2,5-8,11-14,17-19,28H,3-4,9-10,15H2,(H,36,37)/b35-14+/t17?,18-,19?,28?/m0/s1. The second-order valence-corrected chi connectivity index (χ2v) is 12.8. The molecule has 3 unspecified atom stereocenters. The molecule has 0 aliphatic heterocycles. The summed E-state index contributed by atoms with van der Waals surface area (Å²) in [6.07, 6.45) is 4.30. The van der Waals surface area contributed by atoms with Crippen molar-refractivity contribution in [3.63, 3.8) is 0 Å². The molecule has 3 aromatic rings. The summed E-state index contributed by atoms with van der Waals surface area (Å²) in [5.74, 6) is -6.07. The molecule has 0 radical (unpaired) electrons. The monoisotopic (exact) mass is 608 g/mol. The molecule has 0 heterocycles. The van der Waals surface area contributed by atoms with Crippen molar-refractivity contribution in [3.8, 4) is 0 Å². The van der Waals surface area contributed by atoms with Gasteiger partial charge < -0.3 is 10.2 Å². The average molecular weight is 609 g/mol. The van der Waals surface area contributed by atoms with Crippen LogP contribution in [0.4, 0.5) is 23.2 Å². The Labute approximate surface area is 239 Å². The largest absolute Gasteiger partial charge is 0.391 e. The third-order valence-corrected chi connectivity index (χ3v) is 10.5. The van der Waals surface area contributed by atoms with Crippen LogP contribution in [0.2, 0.25) is 5.02 Å². The van der Waals surface area contributed by atoms with E-state index in [0.717, 1.165) is 24.5 Å². The number of halogens is 5. The molecule has 6 nitrogen and oxygen atoms in total. The molecule has 0 aromatic heterocycles. The second-order valence-electron chi connectivity index (χ2n) is 10.3. The molecule has 41 heavy (non-hydrogen) atoms. The minimum Gasteiger partial charge on any atom is -0.391 e. The lowest BCUT2D eigenvalue weighted by molar-refractivity contribution is 0.102. The molecule has 2 saturated carbocycles. The zero-order valence-electron chi connectivity index (χ0n) is 21.5. The molecule has 2 bridgehead atoms. The van der Waals surface area contributed by atoms with Crippen molar-refractivity contribution in [2.75, 3.05) is 5.32 Å². The van der Waals surface area contributed by atoms with Gasteiger partial charge in [-0.15, -0.1) is 0 Å². The smallest absolute Gasteiger partial charge is 0.255 e. The summed E-state index contributed by atoms with van der Waals surface area (Å²) in [7, 11) is -3.95. The number of rotatable bonds is 8. The van der Waals surface area contributed by atoms with E-state index in [1.54, 1.807) is 18.3 Å². The van der Waals surface area contributed by atoms with E-state index in [9.17, 15) is 30.8 Å². The molecule has 216 valence electrons. The average Bonchev–Trinajstić information content (AvgIpc) is 3.22. The van der Waals surface area contributed by atoms with Crippen LogP contribution in [0.15, 0.2) is 64.6 Å². The van der Waals surface area contributed by atoms with Gasteiger partial charge in [0.1, 0.15) is 12.4 Å². The molecule has 2 aliphatic carbocycles. The van der Waals surface area contributed by atoms with Gasteiger partial charge in [0.05, 0.1) is 15.2 Å². The predicted molar refractivity (Wildman–Crippen MR) is 145 cm³/mol. The van der Waals surface area contributed by atoms with Gasteiger partial charge in [-0.3, -0.25) is 4.79 Å². The van der Waals surface area contributed by atoms with Crippen LogP contribution >= 0.6 is 11.6 Å². The van der Waals surface area contributed by atoms with Crippen LogP contribution in [0.5, 0.6) is 0 Å². The van der Waals surface area contributed by atoms with Crippen LogP contribution in [0.1, 0.15) is 41.6 Å². The van der Waals surface area contributed by atoms with Gasteiger partial charge in [0, 0.05) is 29.6 Å². The van der Waals surface area contributed by atoms with Crippen molar-refractivity contribution in [1.29, 1.82) is 0 Å². The summed E-state index contributed by atoms with van der Waals surface area (Å²) in [4.78, 5) is 17.9. The molecule has 4 atom stereocenters. The third kappa shape index (κ3) is 6.25. The number of nitrogens with one attached hydrogen (secondary N) is 1. The van der Waals surface area contributed by atoms with Crippen LogP contribution in [-0.2, 0) is 21.3 Å². The first-order valence-corrected chi connectivity index (χ1v) is 14.8. The molecule has 1 amide bonds. The Kier molecular flexibility index (Phi) is 8.37. The molecule has 2 aliphatic rings. The molecule has 1 N–H and O–H groups in total. The maximum atomic E-state index is 13.8. The minimum absolute atomic E-state index is 0.0243. The number of hydrogen-bond acceptors (Lipinski definition) is 5. The molecule has 0 spiro atoms. The van der Waals surface area contributed by atoms with Gasteiger partial charge >= 0.3 is 0 Å². The number of carbonyl (C=O) groups excluding carboxylic acids is 1. The Morgan fingerprint density at radius 2 is 1.61 bits per heavy atom. The third-order valence-electron chi connectivity index (χ3n) is 7.64. The number of benzene rings is 3. The number of amides is 1. The fourth-order valence-corrected chi connectivity index (χ4v) is 8.68. The second kappa shape index (κ2) is 11.8. The first-order chi connectivity index (χ1) is 19.5. The predicted octanol–water partition coefficient (Wildman–Crippen LogP) is 6.93. The number of hydrogen-bond donors (Lipinski definition) is 1. The highest BCUT2D eigenvalue weighted by Crippen LogP contribution is 2.49. The van der Waals surface area contributed by atoms with E-state index >= 15 is 0 Å². The Morgan fingerprint density at radius 3 is 2.24 bits per heavy atom. The van der Waals surface area contributed by atoms with E-state index in [-0.39, 0.29) is 51.3 Å². The normalized spacial score (nSPS) is 22.2. The lowest BCUT2D eigenvalue weighted by Gasteiger charge is -2.33. The summed E-state index contributed by atoms with van der Waals surface area (Å²) in [5, 5.41) is 5.56. The first kappa shape index (κ1) is 29.1. The maximum Gasteiger partial charge on any atom is 0.255 e. The number of fused-ring (bicyclic) bond motifs is 2. The molecular formula is C29H25ClF4N2O4S. The highest BCUT2D eigenvalue weighted by molar-refractivity contribution is 7.92. The summed E-state index contributed by atoms with van der Waals surface area (Å²) in [6, 6.07) is 10.9. The Hall–Kier alpha value is -3.44. The van der Waals surface area contributed by atoms with Crippen molar-refractivity contribution < 1.29 is 35.6 Å². The lowest BCUT2D eigenvalue weighted by Crippen LogP contribution is -2.38. The maximum absolute atomic E-state index is 13.8. The van der Waals surface area contributed by atoms with Gasteiger partial charge in [0.25, 0.3) is 5.91 Å². The molecule has 3 aromatic carbocycles. The molecule has 0 saturated heterocycles. The first-order valence-electron chi connectivity index (χ1n) is 12.9. The van der Waals surface area contributed by atoms with Gasteiger partial charge in [0.2, 0.25) is 0 Å². The van der Waals surface area contributed by atoms with Crippen LogP contribution < -0.4 is 5.32 Å². The van der Waals surface area contributed by atoms with Gasteiger partial charge in [-0.05, 0) is 79.3 Å². The molecule has 12 heteroatoms. The summed E-state index contributed by atoms with van der Waals surface area (Å²) in [6.45, 7) is 0.181. The summed E-state index contributed by atoms with van der Waals surface area (Å²) < 4.78 is 81.1. The highest BCUT2D eigenvalue weighted by Gasteiger charge is 2.49. The van der Waals surface area contributed by atoms with E-state index < -0.39 is 38.4 Å². The highest BCUT2D eigenvalue weighted by atomic mass is 35.5. The Balaban J connectivity index is 1.27. The van der Waals surface area contributed by atoms with Crippen LogP contribution in [0.25, 0.3) is 0 Å². The molecular weight excluding hydrogens is 584 g/mol. The Morgan fingerprint density at radius 1 is 0.976 bits per heavy atom. The fraction of sp³-hybridized carbons (Fsp3) is 0.310. The number of oxime groups is 1. The van der Waals surface area contributed by atoms with Crippen LogP contribution in [-0.4, -0.2) is 25.8 Å². The quantitative estimate of drug-likeness (QED) is 0.130. The van der Waals surface area contributed by atoms with E-state index in [1.165, 1.54) is 24.3 Å². The SMILES string of the molecule is O=C(Nc1cc(F)c(F)c(F)c1)c1ccc(Cl)c(S(=O)(=O)C2C3CC[C@H]2CC(/C=N/OCc2ccc(F)cc2)C3)c1. The van der Waals surface area contributed by atoms with Gasteiger partial charge in [0.15, 0.2) is 27.3 Å². The zero-order valence-corrected chi connectivity index (χ0v) is 23.1. The number of nitrogens with zero attached hydrogens (tertiary/aromatic N) is 1. The van der Waals surface area contributed by atoms with Crippen LogP contribution in [0, 0.1) is 41.0 Å².